The molecule has 1 saturated heterocycles. The highest BCUT2D eigenvalue weighted by Crippen LogP contribution is 2.23. The first-order valence-corrected chi connectivity index (χ1v) is 9.54. The van der Waals surface area contributed by atoms with Crippen molar-refractivity contribution in [1.29, 1.82) is 0 Å². The zero-order valence-electron chi connectivity index (χ0n) is 14.8. The monoisotopic (exact) mass is 381 g/mol. The molecule has 1 atom stereocenters. The molecule has 27 heavy (non-hydrogen) atoms. The molecule has 1 fully saturated rings. The molecule has 0 radical (unpaired) electrons. The maximum atomic E-state index is 13.1. The molecule has 5 nitrogen and oxygen atoms in total. The van der Waals surface area contributed by atoms with E-state index in [0.717, 1.165) is 31.2 Å². The van der Waals surface area contributed by atoms with Gasteiger partial charge in [-0.3, -0.25) is 9.59 Å². The second kappa shape index (κ2) is 7.53. The molecule has 1 aliphatic heterocycles. The lowest BCUT2D eigenvalue weighted by Crippen LogP contribution is -2.46. The number of hydrogen-bond acceptors (Lipinski definition) is 3. The number of hydrogen-bond donors (Lipinski definition) is 1. The number of aromatic nitrogens is 2. The highest BCUT2D eigenvalue weighted by Gasteiger charge is 2.30. The number of H-pyrrole nitrogens is 1. The van der Waals surface area contributed by atoms with Gasteiger partial charge in [0.25, 0.3) is 11.5 Å². The van der Waals surface area contributed by atoms with Crippen LogP contribution in [0.1, 0.15) is 35.3 Å². The van der Waals surface area contributed by atoms with Crippen molar-refractivity contribution < 1.29 is 4.79 Å². The van der Waals surface area contributed by atoms with Gasteiger partial charge in [-0.25, -0.2) is 4.98 Å². The number of nitrogens with zero attached hydrogens (tertiary/aromatic N) is 2. The third-order valence-corrected chi connectivity index (χ3v) is 5.29. The van der Waals surface area contributed by atoms with Gasteiger partial charge in [-0.05, 0) is 55.5 Å². The molecule has 0 bridgehead atoms. The summed E-state index contributed by atoms with van der Waals surface area (Å²) in [5.74, 6) is -0.297. The first-order valence-electron chi connectivity index (χ1n) is 9.16. The Kier molecular flexibility index (Phi) is 4.94. The topological polar surface area (TPSA) is 66.1 Å². The van der Waals surface area contributed by atoms with Crippen LogP contribution in [-0.2, 0) is 6.42 Å². The van der Waals surface area contributed by atoms with Crippen molar-refractivity contribution in [1.82, 2.24) is 14.9 Å². The van der Waals surface area contributed by atoms with Crippen LogP contribution >= 0.6 is 11.6 Å². The molecular weight excluding hydrogens is 362 g/mol. The smallest absolute Gasteiger partial charge is 0.280 e. The normalized spacial score (nSPS) is 17.2. The van der Waals surface area contributed by atoms with Gasteiger partial charge in [0.15, 0.2) is 5.69 Å². The summed E-state index contributed by atoms with van der Waals surface area (Å²) in [7, 11) is 0. The average molecular weight is 382 g/mol. The van der Waals surface area contributed by atoms with Crippen LogP contribution in [-0.4, -0.2) is 33.4 Å². The second-order valence-corrected chi connectivity index (χ2v) is 7.35. The van der Waals surface area contributed by atoms with E-state index in [1.54, 1.807) is 17.0 Å². The number of likely N-dealkylation sites (tertiary alicyclic amines) is 1. The molecular formula is C21H20ClN3O2. The fourth-order valence-corrected chi connectivity index (χ4v) is 3.94. The Bertz CT molecular complexity index is 1050. The number of piperidine rings is 1. The fraction of sp³-hybridized carbons (Fsp3) is 0.286. The zero-order valence-corrected chi connectivity index (χ0v) is 15.6. The van der Waals surface area contributed by atoms with Crippen LogP contribution in [0.4, 0.5) is 0 Å². The van der Waals surface area contributed by atoms with Crippen LogP contribution in [0, 0.1) is 0 Å². The van der Waals surface area contributed by atoms with Gasteiger partial charge in [0.2, 0.25) is 0 Å². The van der Waals surface area contributed by atoms with Gasteiger partial charge < -0.3 is 9.88 Å². The van der Waals surface area contributed by atoms with Gasteiger partial charge in [0.05, 0.1) is 11.0 Å². The molecule has 1 amide bonds. The maximum Gasteiger partial charge on any atom is 0.280 e. The van der Waals surface area contributed by atoms with E-state index in [1.807, 2.05) is 36.4 Å². The number of carbonyl (C=O) groups is 1. The SMILES string of the molecule is O=C(c1nc2ccccc2[nH]c1=O)N1CCCC[C@H]1Cc1cccc(Cl)c1. The largest absolute Gasteiger partial charge is 0.334 e. The minimum atomic E-state index is -0.439. The summed E-state index contributed by atoms with van der Waals surface area (Å²) in [4.78, 5) is 34.5. The quantitative estimate of drug-likeness (QED) is 0.750. The van der Waals surface area contributed by atoms with Crippen molar-refractivity contribution in [2.45, 2.75) is 31.7 Å². The van der Waals surface area contributed by atoms with Gasteiger partial charge in [-0.2, -0.15) is 0 Å². The van der Waals surface area contributed by atoms with Crippen LogP contribution < -0.4 is 5.56 Å². The summed E-state index contributed by atoms with van der Waals surface area (Å²) < 4.78 is 0. The maximum absolute atomic E-state index is 13.1. The van der Waals surface area contributed by atoms with Crippen LogP contribution in [0.3, 0.4) is 0 Å². The lowest BCUT2D eigenvalue weighted by atomic mass is 9.95. The van der Waals surface area contributed by atoms with Crippen molar-refractivity contribution in [3.8, 4) is 0 Å². The second-order valence-electron chi connectivity index (χ2n) is 6.91. The molecule has 2 heterocycles. The van der Waals surface area contributed by atoms with E-state index in [2.05, 4.69) is 9.97 Å². The van der Waals surface area contributed by atoms with E-state index in [1.165, 1.54) is 0 Å². The van der Waals surface area contributed by atoms with E-state index in [9.17, 15) is 9.59 Å². The molecule has 0 saturated carbocycles. The fourth-order valence-electron chi connectivity index (χ4n) is 3.73. The number of fused-ring (bicyclic) bond motifs is 1. The molecule has 138 valence electrons. The Labute approximate surface area is 162 Å². The van der Waals surface area contributed by atoms with Crippen LogP contribution in [0.5, 0.6) is 0 Å². The molecule has 0 unspecified atom stereocenters. The molecule has 0 spiro atoms. The Hall–Kier alpha value is -2.66. The van der Waals surface area contributed by atoms with Crippen LogP contribution in [0.25, 0.3) is 11.0 Å². The van der Waals surface area contributed by atoms with E-state index >= 15 is 0 Å². The van der Waals surface area contributed by atoms with E-state index in [-0.39, 0.29) is 17.6 Å². The summed E-state index contributed by atoms with van der Waals surface area (Å²) in [6, 6.07) is 15.0. The number of benzene rings is 2. The van der Waals surface area contributed by atoms with Crippen molar-refractivity contribution in [2.24, 2.45) is 0 Å². The van der Waals surface area contributed by atoms with Gasteiger partial charge in [0, 0.05) is 17.6 Å². The van der Waals surface area contributed by atoms with Crippen molar-refractivity contribution >= 4 is 28.5 Å². The van der Waals surface area contributed by atoms with Crippen molar-refractivity contribution in [2.75, 3.05) is 6.54 Å². The van der Waals surface area contributed by atoms with Gasteiger partial charge in [-0.1, -0.05) is 35.9 Å². The Morgan fingerprint density at radius 1 is 1.19 bits per heavy atom. The van der Waals surface area contributed by atoms with E-state index in [4.69, 9.17) is 11.6 Å². The molecule has 3 aromatic rings. The van der Waals surface area contributed by atoms with Gasteiger partial charge >= 0.3 is 0 Å². The molecule has 1 aliphatic rings. The minimum absolute atomic E-state index is 0.0355. The predicted molar refractivity (Wildman–Crippen MR) is 106 cm³/mol. The Morgan fingerprint density at radius 3 is 2.89 bits per heavy atom. The standard InChI is InChI=1S/C21H20ClN3O2/c22-15-7-5-6-14(12-15)13-16-8-3-4-11-25(16)21(27)19-20(26)24-18-10-2-1-9-17(18)23-19/h1-2,5-7,9-10,12,16H,3-4,8,11,13H2,(H,24,26)/t16-/m0/s1. The highest BCUT2D eigenvalue weighted by atomic mass is 35.5. The van der Waals surface area contributed by atoms with Gasteiger partial charge in [0.1, 0.15) is 0 Å². The average Bonchev–Trinajstić information content (AvgIpc) is 2.67. The summed E-state index contributed by atoms with van der Waals surface area (Å²) in [5.41, 5.74) is 1.86. The van der Waals surface area contributed by atoms with E-state index < -0.39 is 5.56 Å². The summed E-state index contributed by atoms with van der Waals surface area (Å²) in [6.45, 7) is 0.637. The molecule has 4 rings (SSSR count). The summed E-state index contributed by atoms with van der Waals surface area (Å²) in [5, 5.41) is 0.689. The van der Waals surface area contributed by atoms with E-state index in [0.29, 0.717) is 22.6 Å². The molecule has 1 N–H and O–H groups in total. The van der Waals surface area contributed by atoms with Crippen molar-refractivity contribution in [3.05, 3.63) is 75.2 Å². The number of halogens is 1. The summed E-state index contributed by atoms with van der Waals surface area (Å²) in [6.07, 6.45) is 3.63. The third-order valence-electron chi connectivity index (χ3n) is 5.05. The number of nitrogens with one attached hydrogen (secondary N) is 1. The highest BCUT2D eigenvalue weighted by molar-refractivity contribution is 6.30. The molecule has 6 heteroatoms. The van der Waals surface area contributed by atoms with Crippen molar-refractivity contribution in [3.63, 3.8) is 0 Å². The number of para-hydroxylation sites is 2. The number of amides is 1. The van der Waals surface area contributed by atoms with Gasteiger partial charge in [-0.15, -0.1) is 0 Å². The third kappa shape index (κ3) is 3.74. The molecule has 0 aliphatic carbocycles. The molecule has 1 aromatic heterocycles. The Morgan fingerprint density at radius 2 is 2.04 bits per heavy atom. The predicted octanol–water partition coefficient (Wildman–Crippen LogP) is 3.81. The van der Waals surface area contributed by atoms with Crippen LogP contribution in [0.15, 0.2) is 53.3 Å². The molecule has 2 aromatic carbocycles. The number of rotatable bonds is 3. The minimum Gasteiger partial charge on any atom is -0.334 e. The lowest BCUT2D eigenvalue weighted by molar-refractivity contribution is 0.0606. The first kappa shape index (κ1) is 17.7. The first-order chi connectivity index (χ1) is 13.1. The number of carbonyl (C=O) groups excluding carboxylic acids is 1. The Balaban J connectivity index is 1.64. The number of aromatic amines is 1. The summed E-state index contributed by atoms with van der Waals surface area (Å²) >= 11 is 6.10. The van der Waals surface area contributed by atoms with Crippen LogP contribution in [0.2, 0.25) is 5.02 Å². The lowest BCUT2D eigenvalue weighted by Gasteiger charge is -2.35. The zero-order chi connectivity index (χ0) is 18.8.